The van der Waals surface area contributed by atoms with Gasteiger partial charge in [0.2, 0.25) is 0 Å². The summed E-state index contributed by atoms with van der Waals surface area (Å²) in [6, 6.07) is 27.2. The van der Waals surface area contributed by atoms with Crippen LogP contribution in [0.3, 0.4) is 0 Å². The van der Waals surface area contributed by atoms with E-state index in [-0.39, 0.29) is 11.0 Å². The van der Waals surface area contributed by atoms with E-state index < -0.39 is 11.8 Å². The van der Waals surface area contributed by atoms with Gasteiger partial charge in [-0.15, -0.1) is 0 Å². The summed E-state index contributed by atoms with van der Waals surface area (Å²) >= 11 is 0. The summed E-state index contributed by atoms with van der Waals surface area (Å²) in [6.07, 6.45) is 1.65. The summed E-state index contributed by atoms with van der Waals surface area (Å²) in [6.45, 7) is 7.16. The summed E-state index contributed by atoms with van der Waals surface area (Å²) in [5.41, 5.74) is 4.06. The number of benzene rings is 3. The highest BCUT2D eigenvalue weighted by Crippen LogP contribution is 2.23. The molecule has 164 valence electrons. The second-order valence-corrected chi connectivity index (χ2v) is 8.77. The maximum Gasteiger partial charge on any atom is 0.257 e. The molecule has 0 saturated heterocycles. The molecule has 0 aromatic heterocycles. The van der Waals surface area contributed by atoms with Crippen LogP contribution in [0.4, 0.5) is 0 Å². The van der Waals surface area contributed by atoms with Gasteiger partial charge in [0, 0.05) is 13.1 Å². The number of carbonyl (C=O) groups excluding carboxylic acids is 2. The van der Waals surface area contributed by atoms with E-state index in [9.17, 15) is 9.59 Å². The first-order valence-electron chi connectivity index (χ1n) is 10.8. The summed E-state index contributed by atoms with van der Waals surface area (Å²) in [5, 5.41) is 5.73. The van der Waals surface area contributed by atoms with Crippen LogP contribution in [0.15, 0.2) is 90.5 Å². The zero-order valence-corrected chi connectivity index (χ0v) is 18.9. The molecule has 0 aliphatic heterocycles. The quantitative estimate of drug-likeness (QED) is 0.317. The first kappa shape index (κ1) is 23.0. The summed E-state index contributed by atoms with van der Waals surface area (Å²) in [4.78, 5) is 25.9. The van der Waals surface area contributed by atoms with Crippen LogP contribution in [0.25, 0.3) is 6.08 Å². The van der Waals surface area contributed by atoms with E-state index in [0.717, 1.165) is 16.7 Å². The van der Waals surface area contributed by atoms with Crippen molar-refractivity contribution < 1.29 is 9.59 Å². The minimum Gasteiger partial charge on any atom is -0.348 e. The molecule has 0 aliphatic carbocycles. The standard InChI is InChI=1S/C28H30N2O2/c1-28(2,3)24-16-14-21(15-17-24)18-25(26(31)29-19-22-10-6-4-7-11-22)27(32)30-20-23-12-8-5-9-13-23/h4-18H,19-20H2,1-3H3,(H,29,31)(H,30,32). The third kappa shape index (κ3) is 6.67. The fraction of sp³-hybridized carbons (Fsp3) is 0.214. The molecule has 2 amide bonds. The Morgan fingerprint density at radius 3 is 1.53 bits per heavy atom. The molecule has 4 nitrogen and oxygen atoms in total. The molecule has 0 heterocycles. The average molecular weight is 427 g/mol. The van der Waals surface area contributed by atoms with Crippen LogP contribution in [0, 0.1) is 0 Å². The predicted octanol–water partition coefficient (Wildman–Crippen LogP) is 5.00. The van der Waals surface area contributed by atoms with Gasteiger partial charge in [0.1, 0.15) is 5.57 Å². The Hall–Kier alpha value is -3.66. The van der Waals surface area contributed by atoms with Crippen molar-refractivity contribution in [1.82, 2.24) is 10.6 Å². The zero-order valence-electron chi connectivity index (χ0n) is 18.9. The van der Waals surface area contributed by atoms with Gasteiger partial charge in [-0.1, -0.05) is 106 Å². The monoisotopic (exact) mass is 426 g/mol. The number of rotatable bonds is 7. The van der Waals surface area contributed by atoms with Crippen molar-refractivity contribution in [3.8, 4) is 0 Å². The Labute approximate surface area is 190 Å². The molecule has 2 N–H and O–H groups in total. The van der Waals surface area contributed by atoms with Gasteiger partial charge in [0.25, 0.3) is 11.8 Å². The number of hydrogen-bond acceptors (Lipinski definition) is 2. The minimum absolute atomic E-state index is 0.0329. The Morgan fingerprint density at radius 2 is 1.12 bits per heavy atom. The lowest BCUT2D eigenvalue weighted by Gasteiger charge is -2.19. The molecule has 0 spiro atoms. The summed E-state index contributed by atoms with van der Waals surface area (Å²) < 4.78 is 0. The van der Waals surface area contributed by atoms with Gasteiger partial charge in [-0.2, -0.15) is 0 Å². The SMILES string of the molecule is CC(C)(C)c1ccc(C=C(C(=O)NCc2ccccc2)C(=O)NCc2ccccc2)cc1. The van der Waals surface area contributed by atoms with Gasteiger partial charge in [0.05, 0.1) is 0 Å². The lowest BCUT2D eigenvalue weighted by molar-refractivity contribution is -0.123. The topological polar surface area (TPSA) is 58.2 Å². The fourth-order valence-corrected chi connectivity index (χ4v) is 3.23. The Kier molecular flexibility index (Phi) is 7.61. The normalized spacial score (nSPS) is 10.8. The van der Waals surface area contributed by atoms with Crippen LogP contribution >= 0.6 is 0 Å². The smallest absolute Gasteiger partial charge is 0.257 e. The van der Waals surface area contributed by atoms with Gasteiger partial charge in [-0.05, 0) is 33.7 Å². The Morgan fingerprint density at radius 1 is 0.688 bits per heavy atom. The third-order valence-electron chi connectivity index (χ3n) is 5.17. The number of amides is 2. The molecule has 0 bridgehead atoms. The number of carbonyl (C=O) groups is 2. The highest BCUT2D eigenvalue weighted by Gasteiger charge is 2.19. The van der Waals surface area contributed by atoms with Crippen molar-refractivity contribution in [3.05, 3.63) is 113 Å². The number of nitrogens with one attached hydrogen (secondary N) is 2. The maximum atomic E-state index is 13.0. The predicted molar refractivity (Wildman–Crippen MR) is 130 cm³/mol. The molecule has 4 heteroatoms. The lowest BCUT2D eigenvalue weighted by atomic mass is 9.86. The van der Waals surface area contributed by atoms with Crippen LogP contribution in [-0.2, 0) is 28.1 Å². The van der Waals surface area contributed by atoms with E-state index >= 15 is 0 Å². The average Bonchev–Trinajstić information content (AvgIpc) is 2.80. The van der Waals surface area contributed by atoms with E-state index in [4.69, 9.17) is 0 Å². The van der Waals surface area contributed by atoms with Crippen LogP contribution in [0.5, 0.6) is 0 Å². The molecule has 32 heavy (non-hydrogen) atoms. The van der Waals surface area contributed by atoms with Gasteiger partial charge in [-0.3, -0.25) is 9.59 Å². The van der Waals surface area contributed by atoms with Crippen molar-refractivity contribution in [2.24, 2.45) is 0 Å². The van der Waals surface area contributed by atoms with Gasteiger partial charge < -0.3 is 10.6 Å². The molecule has 3 aromatic carbocycles. The van der Waals surface area contributed by atoms with E-state index in [0.29, 0.717) is 13.1 Å². The van der Waals surface area contributed by atoms with E-state index in [1.807, 2.05) is 84.9 Å². The summed E-state index contributed by atoms with van der Waals surface area (Å²) in [7, 11) is 0. The highest BCUT2D eigenvalue weighted by atomic mass is 16.2. The Bertz CT molecular complexity index is 1010. The van der Waals surface area contributed by atoms with Crippen LogP contribution < -0.4 is 10.6 Å². The van der Waals surface area contributed by atoms with E-state index in [1.165, 1.54) is 5.56 Å². The second-order valence-electron chi connectivity index (χ2n) is 8.77. The molecular formula is C28H30N2O2. The molecule has 0 aliphatic rings. The fourth-order valence-electron chi connectivity index (χ4n) is 3.23. The third-order valence-corrected chi connectivity index (χ3v) is 5.17. The van der Waals surface area contributed by atoms with Crippen molar-refractivity contribution >= 4 is 17.9 Å². The van der Waals surface area contributed by atoms with Crippen LogP contribution in [-0.4, -0.2) is 11.8 Å². The first-order chi connectivity index (χ1) is 15.3. The highest BCUT2D eigenvalue weighted by molar-refractivity contribution is 6.21. The van der Waals surface area contributed by atoms with Crippen LogP contribution in [0.2, 0.25) is 0 Å². The molecule has 0 saturated carbocycles. The largest absolute Gasteiger partial charge is 0.348 e. The molecule has 3 rings (SSSR count). The van der Waals surface area contributed by atoms with Crippen molar-refractivity contribution in [3.63, 3.8) is 0 Å². The molecule has 0 unspecified atom stereocenters. The first-order valence-corrected chi connectivity index (χ1v) is 10.8. The maximum absolute atomic E-state index is 13.0. The Balaban J connectivity index is 1.79. The molecule has 0 atom stereocenters. The molecular weight excluding hydrogens is 396 g/mol. The van der Waals surface area contributed by atoms with Crippen molar-refractivity contribution in [1.29, 1.82) is 0 Å². The lowest BCUT2D eigenvalue weighted by Crippen LogP contribution is -2.34. The zero-order chi connectivity index (χ0) is 23.0. The molecule has 0 fully saturated rings. The van der Waals surface area contributed by atoms with Crippen molar-refractivity contribution in [2.75, 3.05) is 0 Å². The van der Waals surface area contributed by atoms with Gasteiger partial charge in [0.15, 0.2) is 0 Å². The van der Waals surface area contributed by atoms with E-state index in [1.54, 1.807) is 6.08 Å². The minimum atomic E-state index is -0.403. The second kappa shape index (κ2) is 10.6. The summed E-state index contributed by atoms with van der Waals surface area (Å²) in [5.74, 6) is -0.807. The van der Waals surface area contributed by atoms with Crippen molar-refractivity contribution in [2.45, 2.75) is 39.3 Å². The molecule has 0 radical (unpaired) electrons. The molecule has 3 aromatic rings. The van der Waals surface area contributed by atoms with E-state index in [2.05, 4.69) is 31.4 Å². The van der Waals surface area contributed by atoms with Gasteiger partial charge >= 0.3 is 0 Å². The van der Waals surface area contributed by atoms with Crippen LogP contribution in [0.1, 0.15) is 43.0 Å². The number of hydrogen-bond donors (Lipinski definition) is 2. The van der Waals surface area contributed by atoms with Gasteiger partial charge in [-0.25, -0.2) is 0 Å².